The Balaban J connectivity index is 1.45. The lowest BCUT2D eigenvalue weighted by Crippen LogP contribution is -2.19. The summed E-state index contributed by atoms with van der Waals surface area (Å²) in [6, 6.07) is 15.5. The maximum atomic E-state index is 12.4. The molecule has 0 unspecified atom stereocenters. The van der Waals surface area contributed by atoms with Crippen molar-refractivity contribution in [2.75, 3.05) is 17.7 Å². The molecule has 1 aromatic heterocycles. The number of carbonyl (C=O) groups excluding carboxylic acids is 1. The van der Waals surface area contributed by atoms with E-state index in [0.717, 1.165) is 23.1 Å². The molecule has 0 saturated heterocycles. The van der Waals surface area contributed by atoms with Gasteiger partial charge in [0.05, 0.1) is 17.3 Å². The maximum absolute atomic E-state index is 12.4. The molecule has 3 aromatic carbocycles. The minimum Gasteiger partial charge on any atom is -0.497 e. The number of carbonyl (C=O) groups is 1. The third kappa shape index (κ3) is 2.78. The Morgan fingerprint density at radius 1 is 1.07 bits per heavy atom. The van der Waals surface area contributed by atoms with Crippen LogP contribution in [0, 0.1) is 0 Å². The van der Waals surface area contributed by atoms with Crippen molar-refractivity contribution in [2.24, 2.45) is 0 Å². The molecule has 27 heavy (non-hydrogen) atoms. The van der Waals surface area contributed by atoms with Gasteiger partial charge in [-0.05, 0) is 47.6 Å². The molecule has 4 aromatic rings. The Kier molecular flexibility index (Phi) is 3.72. The molecular weight excluding hydrogens is 358 g/mol. The van der Waals surface area contributed by atoms with Crippen molar-refractivity contribution in [3.8, 4) is 5.75 Å². The number of amides is 2. The quantitative estimate of drug-likeness (QED) is 0.517. The Labute approximate surface area is 160 Å². The van der Waals surface area contributed by atoms with E-state index in [4.69, 9.17) is 4.74 Å². The molecule has 1 aliphatic carbocycles. The second kappa shape index (κ2) is 6.25. The summed E-state index contributed by atoms with van der Waals surface area (Å²) in [6.07, 6.45) is 2.17. The fourth-order valence-corrected chi connectivity index (χ4v) is 4.66. The van der Waals surface area contributed by atoms with Crippen LogP contribution in [0.3, 0.4) is 0 Å². The highest BCUT2D eigenvalue weighted by Gasteiger charge is 2.19. The Hall–Kier alpha value is -3.12. The van der Waals surface area contributed by atoms with Crippen molar-refractivity contribution < 1.29 is 9.53 Å². The van der Waals surface area contributed by atoms with Gasteiger partial charge in [-0.2, -0.15) is 0 Å². The lowest BCUT2D eigenvalue weighted by atomic mass is 10.0. The van der Waals surface area contributed by atoms with Gasteiger partial charge in [0, 0.05) is 17.1 Å². The fraction of sp³-hybridized carbons (Fsp3) is 0.143. The predicted molar refractivity (Wildman–Crippen MR) is 110 cm³/mol. The van der Waals surface area contributed by atoms with Gasteiger partial charge in [-0.3, -0.25) is 5.32 Å². The van der Waals surface area contributed by atoms with E-state index >= 15 is 0 Å². The third-order valence-corrected chi connectivity index (χ3v) is 5.82. The van der Waals surface area contributed by atoms with E-state index < -0.39 is 0 Å². The van der Waals surface area contributed by atoms with Crippen LogP contribution in [0.1, 0.15) is 11.1 Å². The summed E-state index contributed by atoms with van der Waals surface area (Å²) >= 11 is 1.50. The van der Waals surface area contributed by atoms with Crippen LogP contribution in [0.15, 0.2) is 48.5 Å². The van der Waals surface area contributed by atoms with Crippen LogP contribution in [0.2, 0.25) is 0 Å². The van der Waals surface area contributed by atoms with Crippen LogP contribution >= 0.6 is 11.3 Å². The van der Waals surface area contributed by atoms with Gasteiger partial charge in [0.15, 0.2) is 5.13 Å². The van der Waals surface area contributed by atoms with Gasteiger partial charge in [-0.1, -0.05) is 35.6 Å². The number of nitrogens with one attached hydrogen (secondary N) is 2. The van der Waals surface area contributed by atoms with Crippen molar-refractivity contribution in [1.82, 2.24) is 4.98 Å². The third-order valence-electron chi connectivity index (χ3n) is 4.90. The van der Waals surface area contributed by atoms with E-state index in [9.17, 15) is 4.79 Å². The van der Waals surface area contributed by atoms with Crippen LogP contribution in [0.25, 0.3) is 21.0 Å². The number of benzene rings is 3. The SMILES string of the molecule is COc1cccc(NC(=O)Nc2nc3c(cc4c5c(cccc53)CC4)s2)c1. The van der Waals surface area contributed by atoms with Crippen molar-refractivity contribution in [1.29, 1.82) is 0 Å². The van der Waals surface area contributed by atoms with E-state index in [-0.39, 0.29) is 6.03 Å². The molecule has 5 rings (SSSR count). The minimum absolute atomic E-state index is 0.320. The summed E-state index contributed by atoms with van der Waals surface area (Å²) in [7, 11) is 1.60. The van der Waals surface area contributed by atoms with E-state index in [1.807, 2.05) is 18.2 Å². The number of hydrogen-bond donors (Lipinski definition) is 2. The number of ether oxygens (including phenoxy) is 1. The van der Waals surface area contributed by atoms with E-state index in [0.29, 0.717) is 16.6 Å². The zero-order chi connectivity index (χ0) is 18.4. The van der Waals surface area contributed by atoms with Gasteiger partial charge in [0.2, 0.25) is 0 Å². The fourth-order valence-electron chi connectivity index (χ4n) is 3.72. The molecule has 2 N–H and O–H groups in total. The highest BCUT2D eigenvalue weighted by molar-refractivity contribution is 7.22. The monoisotopic (exact) mass is 375 g/mol. The first-order valence-corrected chi connectivity index (χ1v) is 9.59. The molecule has 134 valence electrons. The van der Waals surface area contributed by atoms with Crippen LogP contribution in [0.5, 0.6) is 5.75 Å². The van der Waals surface area contributed by atoms with Gasteiger partial charge in [-0.25, -0.2) is 9.78 Å². The molecule has 5 nitrogen and oxygen atoms in total. The predicted octanol–water partition coefficient (Wildman–Crippen LogP) is 5.20. The van der Waals surface area contributed by atoms with E-state index in [1.165, 1.54) is 33.2 Å². The Morgan fingerprint density at radius 3 is 2.81 bits per heavy atom. The number of rotatable bonds is 3. The Morgan fingerprint density at radius 2 is 1.93 bits per heavy atom. The van der Waals surface area contributed by atoms with E-state index in [1.54, 1.807) is 13.2 Å². The molecule has 0 saturated carbocycles. The van der Waals surface area contributed by atoms with Crippen molar-refractivity contribution in [3.63, 3.8) is 0 Å². The molecule has 0 atom stereocenters. The molecule has 2 amide bonds. The molecule has 0 bridgehead atoms. The van der Waals surface area contributed by atoms with Crippen molar-refractivity contribution in [2.45, 2.75) is 12.8 Å². The molecule has 0 fully saturated rings. The average Bonchev–Trinajstić information content (AvgIpc) is 3.27. The lowest BCUT2D eigenvalue weighted by Gasteiger charge is -2.06. The highest BCUT2D eigenvalue weighted by atomic mass is 32.1. The number of aromatic nitrogens is 1. The summed E-state index contributed by atoms with van der Waals surface area (Å²) in [4.78, 5) is 17.0. The highest BCUT2D eigenvalue weighted by Crippen LogP contribution is 2.39. The number of anilines is 2. The lowest BCUT2D eigenvalue weighted by molar-refractivity contribution is 0.262. The second-order valence-electron chi connectivity index (χ2n) is 6.55. The minimum atomic E-state index is -0.320. The molecular formula is C21H17N3O2S. The number of fused-ring (bicyclic) bond motifs is 2. The van der Waals surface area contributed by atoms with Crippen LogP contribution in [-0.2, 0) is 12.8 Å². The molecule has 1 aliphatic rings. The number of aryl methyl sites for hydroxylation is 2. The summed E-state index contributed by atoms with van der Waals surface area (Å²) in [5.74, 6) is 0.692. The summed E-state index contributed by atoms with van der Waals surface area (Å²) in [6.45, 7) is 0. The largest absolute Gasteiger partial charge is 0.497 e. The van der Waals surface area contributed by atoms with Crippen molar-refractivity contribution >= 4 is 49.2 Å². The number of methoxy groups -OCH3 is 1. The zero-order valence-electron chi connectivity index (χ0n) is 14.7. The standard InChI is InChI=1S/C21H17N3O2S/c1-26-15-6-3-5-14(11-15)22-20(25)24-21-23-19-16-7-2-4-12-8-9-13(18(12)16)10-17(19)27-21/h2-7,10-11H,8-9H2,1H3,(H2,22,23,24,25). The number of thiazole rings is 1. The first kappa shape index (κ1) is 16.1. The van der Waals surface area contributed by atoms with Crippen LogP contribution < -0.4 is 15.4 Å². The number of hydrogen-bond acceptors (Lipinski definition) is 4. The summed E-state index contributed by atoms with van der Waals surface area (Å²) in [5.41, 5.74) is 4.39. The molecule has 0 spiro atoms. The average molecular weight is 375 g/mol. The van der Waals surface area contributed by atoms with E-state index in [2.05, 4.69) is 39.9 Å². The first-order valence-electron chi connectivity index (χ1n) is 8.77. The number of urea groups is 1. The maximum Gasteiger partial charge on any atom is 0.325 e. The topological polar surface area (TPSA) is 63.2 Å². The van der Waals surface area contributed by atoms with Crippen LogP contribution in [0.4, 0.5) is 15.6 Å². The first-order chi connectivity index (χ1) is 13.2. The van der Waals surface area contributed by atoms with Gasteiger partial charge in [-0.15, -0.1) is 0 Å². The summed E-state index contributed by atoms with van der Waals surface area (Å²) < 4.78 is 6.28. The van der Waals surface area contributed by atoms with Crippen molar-refractivity contribution in [3.05, 3.63) is 59.7 Å². The zero-order valence-corrected chi connectivity index (χ0v) is 15.5. The molecule has 0 radical (unpaired) electrons. The summed E-state index contributed by atoms with van der Waals surface area (Å²) in [5, 5.41) is 8.77. The van der Waals surface area contributed by atoms with Gasteiger partial charge >= 0.3 is 6.03 Å². The normalized spacial score (nSPS) is 12.5. The van der Waals surface area contributed by atoms with Crippen LogP contribution in [-0.4, -0.2) is 18.1 Å². The number of nitrogens with zero attached hydrogens (tertiary/aromatic N) is 1. The molecule has 6 heteroatoms. The molecule has 1 heterocycles. The smallest absolute Gasteiger partial charge is 0.325 e. The Bertz CT molecular complexity index is 1200. The van der Waals surface area contributed by atoms with Gasteiger partial charge < -0.3 is 10.1 Å². The molecule has 0 aliphatic heterocycles. The second-order valence-corrected chi connectivity index (χ2v) is 7.58. The van der Waals surface area contributed by atoms with Gasteiger partial charge in [0.25, 0.3) is 0 Å². The van der Waals surface area contributed by atoms with Gasteiger partial charge in [0.1, 0.15) is 5.75 Å².